The van der Waals surface area contributed by atoms with Crippen LogP contribution in [0.15, 0.2) is 85.1 Å². The Morgan fingerprint density at radius 3 is 2.22 bits per heavy atom. The Kier molecular flexibility index (Phi) is 9.24. The van der Waals surface area contributed by atoms with Gasteiger partial charge in [0.1, 0.15) is 11.9 Å². The van der Waals surface area contributed by atoms with Crippen LogP contribution in [0, 0.1) is 0 Å². The second-order valence-electron chi connectivity index (χ2n) is 11.8. The van der Waals surface area contributed by atoms with Crippen LogP contribution < -0.4 is 10.6 Å². The van der Waals surface area contributed by atoms with E-state index in [1.54, 1.807) is 4.90 Å². The van der Waals surface area contributed by atoms with Crippen LogP contribution in [0.4, 0.5) is 10.5 Å². The van der Waals surface area contributed by atoms with Crippen molar-refractivity contribution in [2.75, 3.05) is 25.0 Å². The molecular formula is C36H40N6O3. The predicted octanol–water partition coefficient (Wildman–Crippen LogP) is 6.69. The standard InChI is InChI=1S/C36H40N6O3/c1-2-9-32(43)38-29-19-17-26(18-20-29)25-13-15-27(16-14-25)30-24-37-34(39-30)31-12-8-23-42(31)35(44)33(28-10-4-3-5-11-28)40-36(45)41-21-6-7-22-41/h3-5,10-11,13-20,24,31,33H,2,6-9,12,21-23H2,1H3,(H,37,39)(H,38,43)(H,40,45)/t31-,33+/m0/s1. The van der Waals surface area contributed by atoms with Crippen LogP contribution in [0.2, 0.25) is 0 Å². The van der Waals surface area contributed by atoms with Gasteiger partial charge < -0.3 is 25.4 Å². The SMILES string of the molecule is CCCC(=O)Nc1ccc(-c2ccc(-c3cnc([C@@H]4CCCN4C(=O)[C@H](NC(=O)N4CCCC4)c4ccccc4)[nH]3)cc2)cc1. The highest BCUT2D eigenvalue weighted by molar-refractivity contribution is 5.91. The number of nitrogens with one attached hydrogen (secondary N) is 3. The largest absolute Gasteiger partial charge is 0.340 e. The average Bonchev–Trinajstić information content (AvgIpc) is 3.87. The van der Waals surface area contributed by atoms with Crippen molar-refractivity contribution in [3.63, 3.8) is 0 Å². The van der Waals surface area contributed by atoms with E-state index in [2.05, 4.69) is 39.9 Å². The number of carbonyl (C=O) groups excluding carboxylic acids is 3. The number of likely N-dealkylation sites (tertiary alicyclic amines) is 2. The van der Waals surface area contributed by atoms with Crippen molar-refractivity contribution in [3.05, 3.63) is 96.4 Å². The number of amides is 4. The van der Waals surface area contributed by atoms with Crippen molar-refractivity contribution in [2.45, 2.75) is 57.5 Å². The number of aromatic amines is 1. The molecule has 0 spiro atoms. The lowest BCUT2D eigenvalue weighted by Gasteiger charge is -2.30. The Balaban J connectivity index is 1.15. The zero-order valence-corrected chi connectivity index (χ0v) is 25.7. The van der Waals surface area contributed by atoms with Gasteiger partial charge >= 0.3 is 6.03 Å². The van der Waals surface area contributed by atoms with Gasteiger partial charge in [-0.3, -0.25) is 9.59 Å². The van der Waals surface area contributed by atoms with E-state index < -0.39 is 6.04 Å². The third-order valence-electron chi connectivity index (χ3n) is 8.66. The van der Waals surface area contributed by atoms with E-state index >= 15 is 0 Å². The van der Waals surface area contributed by atoms with Gasteiger partial charge in [0.15, 0.2) is 0 Å². The molecule has 1 aromatic heterocycles. The summed E-state index contributed by atoms with van der Waals surface area (Å²) in [5, 5.41) is 5.96. The molecule has 9 nitrogen and oxygen atoms in total. The lowest BCUT2D eigenvalue weighted by Crippen LogP contribution is -2.46. The van der Waals surface area contributed by atoms with Crippen LogP contribution in [-0.4, -0.2) is 57.2 Å². The van der Waals surface area contributed by atoms with Gasteiger partial charge in [0.05, 0.1) is 17.9 Å². The molecule has 2 saturated heterocycles. The first-order chi connectivity index (χ1) is 22.0. The molecule has 45 heavy (non-hydrogen) atoms. The highest BCUT2D eigenvalue weighted by Gasteiger charge is 2.37. The normalized spacial score (nSPS) is 16.9. The van der Waals surface area contributed by atoms with E-state index in [4.69, 9.17) is 4.98 Å². The number of imidazole rings is 1. The number of benzene rings is 3. The van der Waals surface area contributed by atoms with Gasteiger partial charge in [-0.05, 0) is 66.5 Å². The summed E-state index contributed by atoms with van der Waals surface area (Å²) < 4.78 is 0. The van der Waals surface area contributed by atoms with Gasteiger partial charge in [0, 0.05) is 31.7 Å². The quantitative estimate of drug-likeness (QED) is 0.198. The molecule has 4 amide bonds. The average molecular weight is 605 g/mol. The van der Waals surface area contributed by atoms with Crippen molar-refractivity contribution in [1.82, 2.24) is 25.1 Å². The second-order valence-corrected chi connectivity index (χ2v) is 11.8. The van der Waals surface area contributed by atoms with Gasteiger partial charge in [-0.25, -0.2) is 9.78 Å². The van der Waals surface area contributed by atoms with E-state index in [0.717, 1.165) is 84.7 Å². The summed E-state index contributed by atoms with van der Waals surface area (Å²) in [5.41, 5.74) is 5.58. The zero-order chi connectivity index (χ0) is 31.2. The topological polar surface area (TPSA) is 110 Å². The number of carbonyl (C=O) groups is 3. The van der Waals surface area contributed by atoms with Crippen LogP contribution >= 0.6 is 0 Å². The molecule has 0 bridgehead atoms. The number of hydrogen-bond acceptors (Lipinski definition) is 4. The fraction of sp³-hybridized carbons (Fsp3) is 0.333. The number of urea groups is 1. The number of nitrogens with zero attached hydrogens (tertiary/aromatic N) is 3. The van der Waals surface area contributed by atoms with Crippen molar-refractivity contribution in [2.24, 2.45) is 0 Å². The van der Waals surface area contributed by atoms with E-state index in [-0.39, 0.29) is 23.9 Å². The van der Waals surface area contributed by atoms with Gasteiger partial charge in [-0.2, -0.15) is 0 Å². The third-order valence-corrected chi connectivity index (χ3v) is 8.66. The molecule has 2 fully saturated rings. The van der Waals surface area contributed by atoms with Crippen LogP contribution in [0.3, 0.4) is 0 Å². The molecule has 6 rings (SSSR count). The van der Waals surface area contributed by atoms with E-state index in [9.17, 15) is 14.4 Å². The van der Waals surface area contributed by atoms with Gasteiger partial charge in [0.2, 0.25) is 11.8 Å². The Labute approximate surface area is 264 Å². The summed E-state index contributed by atoms with van der Waals surface area (Å²) in [5.74, 6) is 0.659. The van der Waals surface area contributed by atoms with Crippen molar-refractivity contribution in [3.8, 4) is 22.4 Å². The minimum absolute atomic E-state index is 0.0268. The smallest absolute Gasteiger partial charge is 0.318 e. The maximum atomic E-state index is 14.1. The highest BCUT2D eigenvalue weighted by atomic mass is 16.2. The molecular weight excluding hydrogens is 564 g/mol. The molecule has 9 heteroatoms. The summed E-state index contributed by atoms with van der Waals surface area (Å²) >= 11 is 0. The van der Waals surface area contributed by atoms with Crippen molar-refractivity contribution in [1.29, 1.82) is 0 Å². The fourth-order valence-corrected chi connectivity index (χ4v) is 6.24. The number of hydrogen-bond donors (Lipinski definition) is 3. The second kappa shape index (κ2) is 13.8. The maximum absolute atomic E-state index is 14.1. The lowest BCUT2D eigenvalue weighted by atomic mass is 10.0. The molecule has 3 aromatic carbocycles. The molecule has 3 N–H and O–H groups in total. The number of anilines is 1. The molecule has 0 saturated carbocycles. The van der Waals surface area contributed by atoms with Crippen molar-refractivity contribution >= 4 is 23.5 Å². The lowest BCUT2D eigenvalue weighted by molar-refractivity contribution is -0.134. The number of H-pyrrole nitrogens is 1. The Bertz CT molecular complexity index is 1610. The minimum atomic E-state index is -0.761. The summed E-state index contributed by atoms with van der Waals surface area (Å²) in [6.45, 7) is 4.03. The van der Waals surface area contributed by atoms with E-state index in [1.807, 2.05) is 72.6 Å². The van der Waals surface area contributed by atoms with Gasteiger partial charge in [-0.15, -0.1) is 0 Å². The van der Waals surface area contributed by atoms with Gasteiger partial charge in [0.25, 0.3) is 0 Å². The first-order valence-electron chi connectivity index (χ1n) is 16.0. The Morgan fingerprint density at radius 2 is 1.53 bits per heavy atom. The van der Waals surface area contributed by atoms with E-state index in [1.165, 1.54) is 0 Å². The summed E-state index contributed by atoms with van der Waals surface area (Å²) in [6.07, 6.45) is 6.79. The Hall–Kier alpha value is -4.92. The molecule has 0 aliphatic carbocycles. The van der Waals surface area contributed by atoms with Gasteiger partial charge in [-0.1, -0.05) is 73.7 Å². The zero-order valence-electron chi connectivity index (χ0n) is 25.7. The van der Waals surface area contributed by atoms with Crippen LogP contribution in [0.5, 0.6) is 0 Å². The molecule has 2 atom stereocenters. The minimum Gasteiger partial charge on any atom is -0.340 e. The Morgan fingerprint density at radius 1 is 0.867 bits per heavy atom. The number of aromatic nitrogens is 2. The first kappa shape index (κ1) is 30.1. The molecule has 232 valence electrons. The fourth-order valence-electron chi connectivity index (χ4n) is 6.24. The molecule has 0 unspecified atom stereocenters. The summed E-state index contributed by atoms with van der Waals surface area (Å²) in [4.78, 5) is 50.9. The van der Waals surface area contributed by atoms with Crippen molar-refractivity contribution < 1.29 is 14.4 Å². The third kappa shape index (κ3) is 6.93. The number of rotatable bonds is 9. The maximum Gasteiger partial charge on any atom is 0.318 e. The first-order valence-corrected chi connectivity index (χ1v) is 16.0. The van der Waals surface area contributed by atoms with Crippen LogP contribution in [-0.2, 0) is 9.59 Å². The molecule has 2 aliphatic heterocycles. The molecule has 3 heterocycles. The van der Waals surface area contributed by atoms with E-state index in [0.29, 0.717) is 13.0 Å². The monoisotopic (exact) mass is 604 g/mol. The molecule has 0 radical (unpaired) electrons. The predicted molar refractivity (Wildman–Crippen MR) is 175 cm³/mol. The van der Waals surface area contributed by atoms with Crippen LogP contribution in [0.1, 0.15) is 68.9 Å². The molecule has 4 aromatic rings. The molecule has 2 aliphatic rings. The highest BCUT2D eigenvalue weighted by Crippen LogP contribution is 2.34. The summed E-state index contributed by atoms with van der Waals surface area (Å²) in [6, 6.07) is 24.5. The van der Waals surface area contributed by atoms with Crippen LogP contribution in [0.25, 0.3) is 22.4 Å². The summed E-state index contributed by atoms with van der Waals surface area (Å²) in [7, 11) is 0.